The minimum absolute atomic E-state index is 0. The zero-order valence-corrected chi connectivity index (χ0v) is 7.96. The summed E-state index contributed by atoms with van der Waals surface area (Å²) in [4.78, 5) is 19.1. The van der Waals surface area contributed by atoms with Crippen LogP contribution in [0.25, 0.3) is 0 Å². The van der Waals surface area contributed by atoms with E-state index in [-0.39, 0.29) is 51.4 Å². The number of carbonyl (C=O) groups excluding carboxylic acids is 1. The standard InChI is InChI=1S/C4H5O3.K/c1-3(2-5)4(6)7;/h3H,1H3,(H,6,7);/q-1;+1. The Bertz CT molecular complexity index is 91.3. The Morgan fingerprint density at radius 1 is 1.75 bits per heavy atom. The Balaban J connectivity index is 0. The van der Waals surface area contributed by atoms with E-state index in [2.05, 4.69) is 0 Å². The summed E-state index contributed by atoms with van der Waals surface area (Å²) in [7, 11) is 0. The van der Waals surface area contributed by atoms with Crippen molar-refractivity contribution in [1.29, 1.82) is 0 Å². The average Bonchev–Trinajstić information content (AvgIpc) is 1.65. The molecule has 1 N–H and O–H groups in total. The largest absolute Gasteiger partial charge is 1.00 e. The molecule has 4 heteroatoms. The van der Waals surface area contributed by atoms with Gasteiger partial charge in [-0.2, -0.15) is 0 Å². The van der Waals surface area contributed by atoms with Crippen LogP contribution in [0.3, 0.4) is 0 Å². The van der Waals surface area contributed by atoms with E-state index in [4.69, 9.17) is 5.11 Å². The smallest absolute Gasteiger partial charge is 0.541 e. The zero-order chi connectivity index (χ0) is 5.86. The zero-order valence-electron chi connectivity index (χ0n) is 4.84. The van der Waals surface area contributed by atoms with Gasteiger partial charge in [-0.05, 0) is 5.92 Å². The third kappa shape index (κ3) is 4.92. The molecule has 1 unspecified atom stereocenters. The van der Waals surface area contributed by atoms with Crippen molar-refractivity contribution in [3.05, 3.63) is 0 Å². The first-order chi connectivity index (χ1) is 3.18. The molecule has 0 saturated carbocycles. The summed E-state index contributed by atoms with van der Waals surface area (Å²) in [5.41, 5.74) is 0. The van der Waals surface area contributed by atoms with Crippen molar-refractivity contribution in [3.8, 4) is 0 Å². The van der Waals surface area contributed by atoms with Gasteiger partial charge in [-0.15, -0.1) is 0 Å². The van der Waals surface area contributed by atoms with Crippen LogP contribution in [0, 0.1) is 5.92 Å². The van der Waals surface area contributed by atoms with Crippen LogP contribution in [-0.2, 0) is 9.59 Å². The molecule has 40 valence electrons. The normalized spacial score (nSPS) is 11.1. The molecule has 0 aliphatic rings. The van der Waals surface area contributed by atoms with Gasteiger partial charge in [0, 0.05) is 0 Å². The second-order valence-electron chi connectivity index (χ2n) is 1.18. The van der Waals surface area contributed by atoms with E-state index in [1.165, 1.54) is 13.2 Å². The molecule has 0 aliphatic heterocycles. The van der Waals surface area contributed by atoms with Gasteiger partial charge < -0.3 is 9.90 Å². The van der Waals surface area contributed by atoms with Crippen LogP contribution in [0.4, 0.5) is 0 Å². The van der Waals surface area contributed by atoms with Crippen molar-refractivity contribution < 1.29 is 66.1 Å². The summed E-state index contributed by atoms with van der Waals surface area (Å²) < 4.78 is 0. The van der Waals surface area contributed by atoms with E-state index >= 15 is 0 Å². The predicted molar refractivity (Wildman–Crippen MR) is 22.5 cm³/mol. The number of hydrogen-bond acceptors (Lipinski definition) is 2. The maximum atomic E-state index is 9.67. The van der Waals surface area contributed by atoms with Gasteiger partial charge in [0.2, 0.25) is 0 Å². The Hall–Kier alpha value is 0.776. The molecule has 0 aromatic heterocycles. The summed E-state index contributed by atoms with van der Waals surface area (Å²) >= 11 is 0. The number of carboxylic acids is 1. The van der Waals surface area contributed by atoms with Crippen LogP contribution in [0.1, 0.15) is 6.92 Å². The molecule has 0 rings (SSSR count). The quantitative estimate of drug-likeness (QED) is 0.250. The SMILES string of the molecule is CC([C-]=O)C(=O)O.[K+]. The van der Waals surface area contributed by atoms with Crippen LogP contribution in [-0.4, -0.2) is 17.4 Å². The molecule has 0 radical (unpaired) electrons. The van der Waals surface area contributed by atoms with E-state index in [0.717, 1.165) is 0 Å². The van der Waals surface area contributed by atoms with Gasteiger partial charge in [-0.1, -0.05) is 6.92 Å². The number of hydrogen-bond donors (Lipinski definition) is 1. The maximum Gasteiger partial charge on any atom is 1.00 e. The first-order valence-corrected chi connectivity index (χ1v) is 1.79. The fourth-order valence-electron chi connectivity index (χ4n) is 0.0504. The summed E-state index contributed by atoms with van der Waals surface area (Å²) in [6.45, 7) is 1.27. The maximum absolute atomic E-state index is 9.67. The molecule has 8 heavy (non-hydrogen) atoms. The van der Waals surface area contributed by atoms with Gasteiger partial charge in [0.25, 0.3) is 5.97 Å². The second-order valence-corrected chi connectivity index (χ2v) is 1.18. The second kappa shape index (κ2) is 5.90. The molecule has 0 heterocycles. The summed E-state index contributed by atoms with van der Waals surface area (Å²) in [6.07, 6.45) is 1.31. The van der Waals surface area contributed by atoms with E-state index in [0.29, 0.717) is 0 Å². The Morgan fingerprint density at radius 2 is 2.12 bits per heavy atom. The van der Waals surface area contributed by atoms with Gasteiger partial charge >= 0.3 is 51.4 Å². The monoisotopic (exact) mass is 140 g/mol. The van der Waals surface area contributed by atoms with E-state index in [1.54, 1.807) is 0 Å². The van der Waals surface area contributed by atoms with E-state index < -0.39 is 11.9 Å². The van der Waals surface area contributed by atoms with Gasteiger partial charge in [-0.3, -0.25) is 11.1 Å². The third-order valence-electron chi connectivity index (χ3n) is 0.547. The Labute approximate surface area is 89.9 Å². The topological polar surface area (TPSA) is 54.4 Å². The summed E-state index contributed by atoms with van der Waals surface area (Å²) in [5, 5.41) is 7.92. The molecule has 0 aromatic carbocycles. The van der Waals surface area contributed by atoms with Crippen molar-refractivity contribution in [2.45, 2.75) is 6.92 Å². The van der Waals surface area contributed by atoms with Gasteiger partial charge in [-0.25, -0.2) is 0 Å². The molecular formula is C4H5KO3. The Morgan fingerprint density at radius 3 is 2.12 bits per heavy atom. The van der Waals surface area contributed by atoms with Crippen LogP contribution in [0.15, 0.2) is 0 Å². The predicted octanol–water partition coefficient (Wildman–Crippen LogP) is -3.18. The third-order valence-corrected chi connectivity index (χ3v) is 0.547. The average molecular weight is 140 g/mol. The molecule has 0 aromatic rings. The van der Waals surface area contributed by atoms with Crippen molar-refractivity contribution in [2.75, 3.05) is 0 Å². The van der Waals surface area contributed by atoms with Crippen LogP contribution in [0.2, 0.25) is 0 Å². The Kier molecular flexibility index (Phi) is 8.53. The van der Waals surface area contributed by atoms with Crippen LogP contribution in [0.5, 0.6) is 0 Å². The molecule has 0 bridgehead atoms. The molecule has 0 spiro atoms. The molecular weight excluding hydrogens is 135 g/mol. The molecule has 1 atom stereocenters. The van der Waals surface area contributed by atoms with Crippen molar-refractivity contribution >= 4 is 12.3 Å². The minimum Gasteiger partial charge on any atom is -0.541 e. The fourth-order valence-corrected chi connectivity index (χ4v) is 0.0504. The summed E-state index contributed by atoms with van der Waals surface area (Å²) in [6, 6.07) is 0. The number of aliphatic carboxylic acids is 1. The van der Waals surface area contributed by atoms with Gasteiger partial charge in [0.15, 0.2) is 0 Å². The first-order valence-electron chi connectivity index (χ1n) is 1.79. The van der Waals surface area contributed by atoms with Crippen LogP contribution >= 0.6 is 0 Å². The van der Waals surface area contributed by atoms with Crippen molar-refractivity contribution in [2.24, 2.45) is 5.92 Å². The summed E-state index contributed by atoms with van der Waals surface area (Å²) in [5.74, 6) is -2.12. The molecule has 0 amide bonds. The van der Waals surface area contributed by atoms with Crippen LogP contribution < -0.4 is 51.4 Å². The van der Waals surface area contributed by atoms with Gasteiger partial charge in [0.1, 0.15) is 0 Å². The molecule has 0 aliphatic carbocycles. The molecule has 0 saturated heterocycles. The number of carbonyl (C=O) groups is 1. The number of carboxylic acid groups (broad SMARTS) is 1. The molecule has 0 fully saturated rings. The molecule has 3 nitrogen and oxygen atoms in total. The minimum atomic E-state index is -1.13. The van der Waals surface area contributed by atoms with Crippen molar-refractivity contribution in [3.63, 3.8) is 0 Å². The van der Waals surface area contributed by atoms with Gasteiger partial charge in [0.05, 0.1) is 0 Å². The number of rotatable bonds is 2. The fraction of sp³-hybridized carbons (Fsp3) is 0.500. The first kappa shape index (κ1) is 11.6. The van der Waals surface area contributed by atoms with E-state index in [1.807, 2.05) is 0 Å². The van der Waals surface area contributed by atoms with Crippen molar-refractivity contribution in [1.82, 2.24) is 0 Å². The van der Waals surface area contributed by atoms with E-state index in [9.17, 15) is 9.59 Å².